The second-order valence-electron chi connectivity index (χ2n) is 4.61. The Labute approximate surface area is 131 Å². The Morgan fingerprint density at radius 1 is 1.48 bits per heavy atom. The lowest BCUT2D eigenvalue weighted by atomic mass is 10.2. The van der Waals surface area contributed by atoms with Crippen molar-refractivity contribution in [3.8, 4) is 0 Å². The van der Waals surface area contributed by atoms with Gasteiger partial charge in [-0.3, -0.25) is 0 Å². The lowest BCUT2D eigenvalue weighted by Gasteiger charge is -2.14. The minimum atomic E-state index is -4.02. The Morgan fingerprint density at radius 3 is 2.81 bits per heavy atom. The van der Waals surface area contributed by atoms with Gasteiger partial charge in [-0.1, -0.05) is 17.7 Å². The van der Waals surface area contributed by atoms with Crippen molar-refractivity contribution in [3.05, 3.63) is 45.4 Å². The lowest BCUT2D eigenvalue weighted by Crippen LogP contribution is -2.34. The fourth-order valence-corrected chi connectivity index (χ4v) is 4.38. The van der Waals surface area contributed by atoms with E-state index in [0.717, 1.165) is 10.9 Å². The molecule has 0 aliphatic carbocycles. The van der Waals surface area contributed by atoms with Gasteiger partial charge in [0.05, 0.1) is 5.69 Å². The molecule has 114 valence electrons. The third-order valence-corrected chi connectivity index (χ3v) is 5.47. The van der Waals surface area contributed by atoms with Gasteiger partial charge < -0.3 is 5.73 Å². The van der Waals surface area contributed by atoms with Crippen LogP contribution in [0.25, 0.3) is 0 Å². The summed E-state index contributed by atoms with van der Waals surface area (Å²) in [6.07, 6.45) is 0.522. The van der Waals surface area contributed by atoms with Gasteiger partial charge in [0.25, 0.3) is 0 Å². The third kappa shape index (κ3) is 3.94. The number of hydrogen-bond acceptors (Lipinski definition) is 4. The van der Waals surface area contributed by atoms with Crippen molar-refractivity contribution < 1.29 is 12.8 Å². The van der Waals surface area contributed by atoms with Gasteiger partial charge in [-0.25, -0.2) is 17.5 Å². The molecule has 3 N–H and O–H groups in total. The minimum absolute atomic E-state index is 0.0696. The molecule has 1 unspecified atom stereocenters. The maximum Gasteiger partial charge on any atom is 0.243 e. The number of nitrogens with two attached hydrogens (primary N) is 1. The predicted molar refractivity (Wildman–Crippen MR) is 83.6 cm³/mol. The highest BCUT2D eigenvalue weighted by Gasteiger charge is 2.23. The highest BCUT2D eigenvalue weighted by molar-refractivity contribution is 7.89. The Bertz CT molecular complexity index is 733. The van der Waals surface area contributed by atoms with Crippen molar-refractivity contribution in [1.29, 1.82) is 0 Å². The third-order valence-electron chi connectivity index (χ3n) is 2.77. The SMILES string of the molecule is CC(Cc1cccs1)NS(=O)(=O)c1cc(Cl)cc(N)c1F. The van der Waals surface area contributed by atoms with Gasteiger partial charge in [-0.15, -0.1) is 11.3 Å². The molecule has 0 aliphatic rings. The van der Waals surface area contributed by atoms with Gasteiger partial charge in [0.2, 0.25) is 10.0 Å². The van der Waals surface area contributed by atoms with Crippen LogP contribution in [0.15, 0.2) is 34.5 Å². The Kier molecular flexibility index (Phi) is 4.88. The van der Waals surface area contributed by atoms with E-state index in [4.69, 9.17) is 17.3 Å². The van der Waals surface area contributed by atoms with Gasteiger partial charge in [-0.2, -0.15) is 0 Å². The summed E-state index contributed by atoms with van der Waals surface area (Å²) in [5.41, 5.74) is 5.11. The Hall–Kier alpha value is -1.15. The number of anilines is 1. The zero-order valence-electron chi connectivity index (χ0n) is 11.1. The fraction of sp³-hybridized carbons (Fsp3) is 0.231. The number of nitrogen functional groups attached to an aromatic ring is 1. The van der Waals surface area contributed by atoms with Crippen molar-refractivity contribution in [2.75, 3.05) is 5.73 Å². The first-order valence-corrected chi connectivity index (χ1v) is 8.83. The molecular weight excluding hydrogens is 335 g/mol. The molecule has 1 atom stereocenters. The van der Waals surface area contributed by atoms with Crippen molar-refractivity contribution in [2.45, 2.75) is 24.3 Å². The summed E-state index contributed by atoms with van der Waals surface area (Å²) in [4.78, 5) is 0.502. The number of sulfonamides is 1. The van der Waals surface area contributed by atoms with Gasteiger partial charge in [0.15, 0.2) is 5.82 Å². The van der Waals surface area contributed by atoms with E-state index in [2.05, 4.69) is 4.72 Å². The largest absolute Gasteiger partial charge is 0.396 e. The number of thiophene rings is 1. The van der Waals surface area contributed by atoms with E-state index in [9.17, 15) is 12.8 Å². The molecule has 0 radical (unpaired) electrons. The normalized spacial score (nSPS) is 13.3. The molecule has 1 heterocycles. The first-order chi connectivity index (χ1) is 9.79. The van der Waals surface area contributed by atoms with E-state index in [1.807, 2.05) is 17.5 Å². The molecule has 8 heteroatoms. The van der Waals surface area contributed by atoms with E-state index in [1.54, 1.807) is 6.92 Å². The van der Waals surface area contributed by atoms with E-state index < -0.39 is 20.7 Å². The molecule has 1 aromatic carbocycles. The first kappa shape index (κ1) is 16.2. The molecule has 0 saturated heterocycles. The van der Waals surface area contributed by atoms with Gasteiger partial charge in [0.1, 0.15) is 4.90 Å². The maximum atomic E-state index is 13.9. The molecule has 2 rings (SSSR count). The van der Waals surface area contributed by atoms with Crippen LogP contribution in [0.2, 0.25) is 5.02 Å². The van der Waals surface area contributed by atoms with Crippen molar-refractivity contribution in [3.63, 3.8) is 0 Å². The summed E-state index contributed by atoms with van der Waals surface area (Å²) < 4.78 is 40.8. The van der Waals surface area contributed by atoms with Crippen LogP contribution in [0, 0.1) is 5.82 Å². The molecule has 0 saturated carbocycles. The second kappa shape index (κ2) is 6.31. The molecule has 0 bridgehead atoms. The monoisotopic (exact) mass is 348 g/mol. The van der Waals surface area contributed by atoms with E-state index in [1.165, 1.54) is 17.4 Å². The second-order valence-corrected chi connectivity index (χ2v) is 7.76. The lowest BCUT2D eigenvalue weighted by molar-refractivity contribution is 0.544. The highest BCUT2D eigenvalue weighted by Crippen LogP contribution is 2.25. The van der Waals surface area contributed by atoms with Crippen LogP contribution in [0.1, 0.15) is 11.8 Å². The van der Waals surface area contributed by atoms with Crippen LogP contribution in [-0.4, -0.2) is 14.5 Å². The summed E-state index contributed by atoms with van der Waals surface area (Å²) in [5, 5.41) is 1.98. The van der Waals surface area contributed by atoms with Crippen LogP contribution in [0.3, 0.4) is 0 Å². The minimum Gasteiger partial charge on any atom is -0.396 e. The number of benzene rings is 1. The number of rotatable bonds is 5. The molecule has 2 aromatic rings. The first-order valence-electron chi connectivity index (χ1n) is 6.09. The number of halogens is 2. The molecule has 1 aromatic heterocycles. The highest BCUT2D eigenvalue weighted by atomic mass is 35.5. The van der Waals surface area contributed by atoms with Crippen LogP contribution >= 0.6 is 22.9 Å². The smallest absolute Gasteiger partial charge is 0.243 e. The molecular formula is C13H14ClFN2O2S2. The van der Waals surface area contributed by atoms with Crippen molar-refractivity contribution in [2.24, 2.45) is 0 Å². The van der Waals surface area contributed by atoms with Crippen LogP contribution in [0.5, 0.6) is 0 Å². The predicted octanol–water partition coefficient (Wildman–Crippen LogP) is 3.03. The average Bonchev–Trinajstić information content (AvgIpc) is 2.85. The Balaban J connectivity index is 2.22. The summed E-state index contributed by atoms with van der Waals surface area (Å²) in [5.74, 6) is -0.991. The molecule has 0 amide bonds. The van der Waals surface area contributed by atoms with E-state index in [-0.39, 0.29) is 16.8 Å². The molecule has 21 heavy (non-hydrogen) atoms. The summed E-state index contributed by atoms with van der Waals surface area (Å²) in [6, 6.07) is 5.64. The molecule has 0 aliphatic heterocycles. The van der Waals surface area contributed by atoms with E-state index in [0.29, 0.717) is 6.42 Å². The van der Waals surface area contributed by atoms with Crippen LogP contribution < -0.4 is 10.5 Å². The average molecular weight is 349 g/mol. The van der Waals surface area contributed by atoms with Crippen molar-refractivity contribution >= 4 is 38.6 Å². The zero-order chi connectivity index (χ0) is 15.6. The fourth-order valence-electron chi connectivity index (χ4n) is 1.88. The maximum absolute atomic E-state index is 13.9. The number of nitrogens with one attached hydrogen (secondary N) is 1. The Morgan fingerprint density at radius 2 is 2.19 bits per heavy atom. The van der Waals surface area contributed by atoms with Crippen LogP contribution in [-0.2, 0) is 16.4 Å². The van der Waals surface area contributed by atoms with E-state index >= 15 is 0 Å². The topological polar surface area (TPSA) is 72.2 Å². The van der Waals surface area contributed by atoms with Gasteiger partial charge >= 0.3 is 0 Å². The van der Waals surface area contributed by atoms with Crippen molar-refractivity contribution in [1.82, 2.24) is 4.72 Å². The van der Waals surface area contributed by atoms with Gasteiger partial charge in [0, 0.05) is 15.9 Å². The van der Waals surface area contributed by atoms with Crippen LogP contribution in [0.4, 0.5) is 10.1 Å². The molecule has 4 nitrogen and oxygen atoms in total. The standard InChI is InChI=1S/C13H14ClFN2O2S2/c1-8(5-10-3-2-4-20-10)17-21(18,19)12-7-9(14)6-11(16)13(12)15/h2-4,6-8,17H,5,16H2,1H3. The summed E-state index contributed by atoms with van der Waals surface area (Å²) in [6.45, 7) is 1.71. The summed E-state index contributed by atoms with van der Waals surface area (Å²) in [7, 11) is -4.02. The summed E-state index contributed by atoms with van der Waals surface area (Å²) >= 11 is 7.27. The molecule has 0 fully saturated rings. The molecule has 0 spiro atoms. The quantitative estimate of drug-likeness (QED) is 0.816. The van der Waals surface area contributed by atoms with Gasteiger partial charge in [-0.05, 0) is 36.9 Å². The zero-order valence-corrected chi connectivity index (χ0v) is 13.5. The number of hydrogen-bond donors (Lipinski definition) is 2.